The maximum Gasteiger partial charge on any atom is 0.231 e. The highest BCUT2D eigenvalue weighted by Crippen LogP contribution is 2.29. The summed E-state index contributed by atoms with van der Waals surface area (Å²) in [6.45, 7) is 3.62. The van der Waals surface area contributed by atoms with Gasteiger partial charge in [-0.2, -0.15) is 5.10 Å². The molecule has 0 saturated heterocycles. The Kier molecular flexibility index (Phi) is 5.56. The van der Waals surface area contributed by atoms with E-state index in [0.717, 1.165) is 41.8 Å². The lowest BCUT2D eigenvalue weighted by Crippen LogP contribution is -2.44. The number of amides is 2. The number of carbonyl (C=O) groups is 2. The van der Waals surface area contributed by atoms with Gasteiger partial charge in [0.25, 0.3) is 0 Å². The van der Waals surface area contributed by atoms with Gasteiger partial charge < -0.3 is 15.0 Å². The van der Waals surface area contributed by atoms with E-state index in [0.29, 0.717) is 26.1 Å². The van der Waals surface area contributed by atoms with E-state index in [1.165, 1.54) is 0 Å². The summed E-state index contributed by atoms with van der Waals surface area (Å²) in [7, 11) is 1.85. The molecule has 154 valence electrons. The Hall–Kier alpha value is -2.83. The summed E-state index contributed by atoms with van der Waals surface area (Å²) in [6.07, 6.45) is 5.25. The number of hydrogen-bond donors (Lipinski definition) is 1. The quantitative estimate of drug-likeness (QED) is 0.778. The second kappa shape index (κ2) is 8.27. The molecule has 1 saturated carbocycles. The van der Waals surface area contributed by atoms with E-state index in [1.54, 1.807) is 9.58 Å². The number of rotatable bonds is 7. The van der Waals surface area contributed by atoms with Crippen molar-refractivity contribution in [3.05, 3.63) is 47.3 Å². The fraction of sp³-hybridized carbons (Fsp3) is 0.500. The van der Waals surface area contributed by atoms with Crippen molar-refractivity contribution in [3.8, 4) is 5.75 Å². The molecule has 1 atom stereocenters. The Morgan fingerprint density at radius 2 is 2.00 bits per heavy atom. The third-order valence-corrected chi connectivity index (χ3v) is 5.38. The molecule has 7 heteroatoms. The van der Waals surface area contributed by atoms with Crippen molar-refractivity contribution >= 4 is 11.8 Å². The molecule has 2 amide bonds. The van der Waals surface area contributed by atoms with Crippen LogP contribution in [0.25, 0.3) is 0 Å². The molecule has 2 aromatic rings. The van der Waals surface area contributed by atoms with Gasteiger partial charge in [0.2, 0.25) is 11.8 Å². The van der Waals surface area contributed by atoms with Crippen LogP contribution in [0.5, 0.6) is 5.75 Å². The number of nitrogens with one attached hydrogen (secondary N) is 1. The molecule has 1 aliphatic heterocycles. The zero-order valence-electron chi connectivity index (χ0n) is 17.1. The van der Waals surface area contributed by atoms with E-state index >= 15 is 0 Å². The molecule has 1 unspecified atom stereocenters. The first-order valence-electron chi connectivity index (χ1n) is 10.4. The Morgan fingerprint density at radius 1 is 1.24 bits per heavy atom. The molecule has 1 aliphatic carbocycles. The van der Waals surface area contributed by atoms with Crippen LogP contribution in [0, 0.1) is 0 Å². The number of benzene rings is 1. The van der Waals surface area contributed by atoms with Crippen molar-refractivity contribution in [2.75, 3.05) is 13.2 Å². The van der Waals surface area contributed by atoms with E-state index in [9.17, 15) is 9.59 Å². The maximum atomic E-state index is 13.0. The summed E-state index contributed by atoms with van der Waals surface area (Å²) >= 11 is 0. The van der Waals surface area contributed by atoms with Crippen molar-refractivity contribution in [1.29, 1.82) is 0 Å². The van der Waals surface area contributed by atoms with Gasteiger partial charge in [0, 0.05) is 37.9 Å². The average Bonchev–Trinajstić information content (AvgIpc) is 3.44. The normalized spacial score (nSPS) is 18.3. The molecule has 2 aliphatic rings. The number of ether oxygens (including phenoxy) is 1. The van der Waals surface area contributed by atoms with E-state index in [2.05, 4.69) is 17.3 Å². The highest BCUT2D eigenvalue weighted by Gasteiger charge is 2.37. The van der Waals surface area contributed by atoms with E-state index in [-0.39, 0.29) is 17.9 Å². The molecule has 0 spiro atoms. The van der Waals surface area contributed by atoms with Crippen LogP contribution in [-0.2, 0) is 29.6 Å². The maximum absolute atomic E-state index is 13.0. The minimum atomic E-state index is -0.408. The van der Waals surface area contributed by atoms with Gasteiger partial charge >= 0.3 is 0 Å². The van der Waals surface area contributed by atoms with Crippen LogP contribution in [0.3, 0.4) is 0 Å². The fourth-order valence-electron chi connectivity index (χ4n) is 3.68. The first-order chi connectivity index (χ1) is 14.0. The topological polar surface area (TPSA) is 76.5 Å². The molecular weight excluding hydrogens is 368 g/mol. The zero-order chi connectivity index (χ0) is 20.4. The van der Waals surface area contributed by atoms with Crippen LogP contribution < -0.4 is 10.1 Å². The SMILES string of the molecule is CCCOc1ccc(CC(=O)N2Cc3cn(C)nc3C(C(=O)NC3CC3)C2)cc1. The standard InChI is InChI=1S/C22H28N4O3/c1-3-10-29-18-8-4-15(5-9-18)11-20(27)26-13-16-12-25(2)24-21(16)19(14-26)22(28)23-17-6-7-17/h4-5,8-9,12,17,19H,3,6-7,10-11,13-14H2,1-2H3,(H,23,28). The van der Waals surface area contributed by atoms with Crippen molar-refractivity contribution in [1.82, 2.24) is 20.0 Å². The molecule has 7 nitrogen and oxygen atoms in total. The summed E-state index contributed by atoms with van der Waals surface area (Å²) in [4.78, 5) is 27.5. The number of carbonyl (C=O) groups excluding carboxylic acids is 2. The van der Waals surface area contributed by atoms with Crippen LogP contribution in [0.2, 0.25) is 0 Å². The molecule has 0 radical (unpaired) electrons. The lowest BCUT2D eigenvalue weighted by Gasteiger charge is -2.31. The number of hydrogen-bond acceptors (Lipinski definition) is 4. The van der Waals surface area contributed by atoms with E-state index < -0.39 is 5.92 Å². The highest BCUT2D eigenvalue weighted by atomic mass is 16.5. The largest absolute Gasteiger partial charge is 0.494 e. The lowest BCUT2D eigenvalue weighted by atomic mass is 9.95. The van der Waals surface area contributed by atoms with Gasteiger partial charge in [0.15, 0.2) is 0 Å². The molecule has 1 aromatic heterocycles. The molecule has 29 heavy (non-hydrogen) atoms. The van der Waals surface area contributed by atoms with Gasteiger partial charge in [-0.1, -0.05) is 19.1 Å². The van der Waals surface area contributed by atoms with Crippen LogP contribution >= 0.6 is 0 Å². The van der Waals surface area contributed by atoms with Gasteiger partial charge in [-0.15, -0.1) is 0 Å². The smallest absolute Gasteiger partial charge is 0.231 e. The molecule has 4 rings (SSSR count). The monoisotopic (exact) mass is 396 g/mol. The first-order valence-corrected chi connectivity index (χ1v) is 10.4. The van der Waals surface area contributed by atoms with Crippen molar-refractivity contribution in [2.24, 2.45) is 7.05 Å². The molecule has 1 fully saturated rings. The Morgan fingerprint density at radius 3 is 2.69 bits per heavy atom. The van der Waals surface area contributed by atoms with Crippen molar-refractivity contribution in [2.45, 2.75) is 51.1 Å². The molecule has 0 bridgehead atoms. The number of fused-ring (bicyclic) bond motifs is 1. The Labute approximate surface area is 171 Å². The average molecular weight is 396 g/mol. The van der Waals surface area contributed by atoms with Crippen LogP contribution in [0.1, 0.15) is 48.9 Å². The van der Waals surface area contributed by atoms with Crippen molar-refractivity contribution in [3.63, 3.8) is 0 Å². The highest BCUT2D eigenvalue weighted by molar-refractivity contribution is 5.86. The first kappa shape index (κ1) is 19.5. The minimum Gasteiger partial charge on any atom is -0.494 e. The van der Waals surface area contributed by atoms with Crippen LogP contribution in [-0.4, -0.2) is 45.7 Å². The molecule has 1 N–H and O–H groups in total. The lowest BCUT2D eigenvalue weighted by molar-refractivity contribution is -0.133. The van der Waals surface area contributed by atoms with E-state index in [1.807, 2.05) is 37.5 Å². The predicted molar refractivity (Wildman–Crippen MR) is 108 cm³/mol. The molecule has 1 aromatic carbocycles. The second-order valence-electron chi connectivity index (χ2n) is 7.99. The summed E-state index contributed by atoms with van der Waals surface area (Å²) in [5.41, 5.74) is 2.69. The zero-order valence-corrected chi connectivity index (χ0v) is 17.1. The van der Waals surface area contributed by atoms with Gasteiger partial charge in [-0.05, 0) is 37.0 Å². The summed E-state index contributed by atoms with van der Waals surface area (Å²) in [6, 6.07) is 7.95. The number of aromatic nitrogens is 2. The van der Waals surface area contributed by atoms with Gasteiger partial charge in [0.05, 0.1) is 24.6 Å². The summed E-state index contributed by atoms with van der Waals surface area (Å²) in [5.74, 6) is 0.403. The van der Waals surface area contributed by atoms with Crippen molar-refractivity contribution < 1.29 is 14.3 Å². The second-order valence-corrected chi connectivity index (χ2v) is 7.99. The molecule has 2 heterocycles. The van der Waals surface area contributed by atoms with Crippen LogP contribution in [0.4, 0.5) is 0 Å². The van der Waals surface area contributed by atoms with Gasteiger partial charge in [-0.25, -0.2) is 0 Å². The Bertz CT molecular complexity index is 886. The number of aryl methyl sites for hydroxylation is 1. The minimum absolute atomic E-state index is 0.0194. The summed E-state index contributed by atoms with van der Waals surface area (Å²) < 4.78 is 7.33. The van der Waals surface area contributed by atoms with Gasteiger partial charge in [0.1, 0.15) is 5.75 Å². The third kappa shape index (κ3) is 4.60. The third-order valence-electron chi connectivity index (χ3n) is 5.38. The summed E-state index contributed by atoms with van der Waals surface area (Å²) in [5, 5.41) is 7.56. The number of nitrogens with zero attached hydrogens (tertiary/aromatic N) is 3. The van der Waals surface area contributed by atoms with E-state index in [4.69, 9.17) is 4.74 Å². The molecular formula is C22H28N4O3. The Balaban J connectivity index is 1.44. The van der Waals surface area contributed by atoms with Gasteiger partial charge in [-0.3, -0.25) is 14.3 Å². The fourth-order valence-corrected chi connectivity index (χ4v) is 3.68. The predicted octanol–water partition coefficient (Wildman–Crippen LogP) is 2.16. The van der Waals surface area contributed by atoms with Crippen LogP contribution in [0.15, 0.2) is 30.5 Å².